The summed E-state index contributed by atoms with van der Waals surface area (Å²) >= 11 is 11.4. The maximum absolute atomic E-state index is 10.8. The molecule has 0 amide bonds. The third-order valence-corrected chi connectivity index (χ3v) is 4.36. The highest BCUT2D eigenvalue weighted by atomic mass is 35.5. The molecule has 2 N–H and O–H groups in total. The van der Waals surface area contributed by atoms with E-state index in [0.717, 1.165) is 12.8 Å². The van der Waals surface area contributed by atoms with Crippen LogP contribution in [-0.2, 0) is 0 Å². The van der Waals surface area contributed by atoms with Gasteiger partial charge in [0.2, 0.25) is 0 Å². The van der Waals surface area contributed by atoms with Gasteiger partial charge in [-0.1, -0.05) is 18.0 Å². The van der Waals surface area contributed by atoms with Gasteiger partial charge in [-0.3, -0.25) is 15.5 Å². The molecule has 120 valence electrons. The van der Waals surface area contributed by atoms with Crippen molar-refractivity contribution in [3.05, 3.63) is 33.3 Å². The summed E-state index contributed by atoms with van der Waals surface area (Å²) in [5.74, 6) is 0. The fourth-order valence-corrected chi connectivity index (χ4v) is 3.01. The lowest BCUT2D eigenvalue weighted by atomic mass is 10.00. The molecule has 22 heavy (non-hydrogen) atoms. The molecule has 0 aromatic heterocycles. The van der Waals surface area contributed by atoms with Crippen molar-refractivity contribution in [1.82, 2.24) is 10.4 Å². The number of nitro benzene ring substituents is 1. The minimum atomic E-state index is -0.466. The Kier molecular flexibility index (Phi) is 5.55. The van der Waals surface area contributed by atoms with E-state index >= 15 is 0 Å². The van der Waals surface area contributed by atoms with Gasteiger partial charge in [-0.15, -0.1) is 0 Å². The topological polar surface area (TPSA) is 70.4 Å². The Balaban J connectivity index is 2.05. The van der Waals surface area contributed by atoms with E-state index in [2.05, 4.69) is 29.6 Å². The molecular weight excluding hydrogens is 324 g/mol. The first-order valence-electron chi connectivity index (χ1n) is 7.18. The highest BCUT2D eigenvalue weighted by Gasteiger charge is 2.25. The minimum absolute atomic E-state index is 0.0330. The van der Waals surface area contributed by atoms with Crippen molar-refractivity contribution in [2.45, 2.75) is 45.2 Å². The number of hydrogen-bond donors (Lipinski definition) is 2. The predicted octanol–water partition coefficient (Wildman–Crippen LogP) is 3.71. The van der Waals surface area contributed by atoms with Gasteiger partial charge in [0.15, 0.2) is 5.11 Å². The summed E-state index contributed by atoms with van der Waals surface area (Å²) in [6, 6.07) is 4.97. The lowest BCUT2D eigenvalue weighted by Gasteiger charge is -2.39. The van der Waals surface area contributed by atoms with Gasteiger partial charge in [0.1, 0.15) is 0 Å². The average Bonchev–Trinajstić information content (AvgIpc) is 2.45. The number of nitrogens with one attached hydrogen (secondary N) is 2. The molecule has 1 aliphatic rings. The lowest BCUT2D eigenvalue weighted by molar-refractivity contribution is -0.384. The molecule has 1 aromatic rings. The SMILES string of the molecule is C[C@@H]1CCC[C@H](C)N1NC(=S)Nc1cc([N+](=O)[O-])ccc1Cl. The summed E-state index contributed by atoms with van der Waals surface area (Å²) in [4.78, 5) is 10.4. The summed E-state index contributed by atoms with van der Waals surface area (Å²) in [5.41, 5.74) is 3.56. The minimum Gasteiger partial charge on any atom is -0.330 e. The van der Waals surface area contributed by atoms with Gasteiger partial charge in [0.05, 0.1) is 15.6 Å². The maximum Gasteiger partial charge on any atom is 0.271 e. The Morgan fingerprint density at radius 3 is 2.64 bits per heavy atom. The normalized spacial score (nSPS) is 22.1. The van der Waals surface area contributed by atoms with Crippen LogP contribution in [0.4, 0.5) is 11.4 Å². The van der Waals surface area contributed by atoms with Crippen molar-refractivity contribution in [2.75, 3.05) is 5.32 Å². The van der Waals surface area contributed by atoms with E-state index in [-0.39, 0.29) is 5.69 Å². The number of hydrazine groups is 1. The van der Waals surface area contributed by atoms with Gasteiger partial charge < -0.3 is 5.32 Å². The second-order valence-electron chi connectivity index (χ2n) is 5.52. The van der Waals surface area contributed by atoms with Crippen molar-refractivity contribution in [2.24, 2.45) is 0 Å². The highest BCUT2D eigenvalue weighted by Crippen LogP contribution is 2.27. The van der Waals surface area contributed by atoms with Crippen molar-refractivity contribution in [3.8, 4) is 0 Å². The smallest absolute Gasteiger partial charge is 0.271 e. The largest absolute Gasteiger partial charge is 0.330 e. The van der Waals surface area contributed by atoms with Gasteiger partial charge in [-0.25, -0.2) is 5.01 Å². The Bertz CT molecular complexity index is 574. The third kappa shape index (κ3) is 4.06. The molecule has 0 aliphatic carbocycles. The van der Waals surface area contributed by atoms with Crippen LogP contribution in [0.15, 0.2) is 18.2 Å². The van der Waals surface area contributed by atoms with Crippen LogP contribution in [0.2, 0.25) is 5.02 Å². The Morgan fingerprint density at radius 1 is 1.41 bits per heavy atom. The van der Waals surface area contributed by atoms with Gasteiger partial charge in [-0.2, -0.15) is 0 Å². The van der Waals surface area contributed by atoms with Gasteiger partial charge in [0.25, 0.3) is 5.69 Å². The first-order chi connectivity index (χ1) is 10.4. The number of nitro groups is 1. The molecule has 0 spiro atoms. The number of rotatable bonds is 3. The second-order valence-corrected chi connectivity index (χ2v) is 6.34. The molecule has 0 saturated carbocycles. The number of thiocarbonyl (C=S) groups is 1. The first kappa shape index (κ1) is 16.9. The Hall–Kier alpha value is -1.44. The molecule has 2 atom stereocenters. The van der Waals surface area contributed by atoms with E-state index in [4.69, 9.17) is 23.8 Å². The molecule has 1 aromatic carbocycles. The molecule has 0 bridgehead atoms. The van der Waals surface area contributed by atoms with Crippen LogP contribution >= 0.6 is 23.8 Å². The van der Waals surface area contributed by atoms with Gasteiger partial charge >= 0.3 is 0 Å². The zero-order chi connectivity index (χ0) is 16.3. The van der Waals surface area contributed by atoms with Gasteiger partial charge in [-0.05, 0) is 45.0 Å². The van der Waals surface area contributed by atoms with Crippen molar-refractivity contribution in [1.29, 1.82) is 0 Å². The Morgan fingerprint density at radius 2 is 2.05 bits per heavy atom. The van der Waals surface area contributed by atoms with E-state index in [1.165, 1.54) is 24.6 Å². The highest BCUT2D eigenvalue weighted by molar-refractivity contribution is 7.80. The summed E-state index contributed by atoms with van der Waals surface area (Å²) in [5, 5.41) is 16.6. The van der Waals surface area contributed by atoms with E-state index in [1.807, 2.05) is 0 Å². The van der Waals surface area contributed by atoms with Crippen molar-refractivity contribution >= 4 is 40.3 Å². The number of piperidine rings is 1. The van der Waals surface area contributed by atoms with E-state index < -0.39 is 4.92 Å². The summed E-state index contributed by atoms with van der Waals surface area (Å²) in [7, 11) is 0. The fraction of sp³-hybridized carbons (Fsp3) is 0.500. The van der Waals surface area contributed by atoms with Crippen molar-refractivity contribution < 1.29 is 4.92 Å². The molecule has 1 fully saturated rings. The van der Waals surface area contributed by atoms with Crippen molar-refractivity contribution in [3.63, 3.8) is 0 Å². The molecule has 1 heterocycles. The summed E-state index contributed by atoms with van der Waals surface area (Å²) in [6.45, 7) is 4.29. The number of nitrogens with zero attached hydrogens (tertiary/aromatic N) is 2. The molecule has 1 aliphatic heterocycles. The molecule has 2 rings (SSSR count). The number of halogens is 1. The second kappa shape index (κ2) is 7.21. The Labute approximate surface area is 139 Å². The molecule has 0 unspecified atom stereocenters. The van der Waals surface area contributed by atoms with Crippen LogP contribution in [-0.4, -0.2) is 27.1 Å². The zero-order valence-corrected chi connectivity index (χ0v) is 14.1. The van der Waals surface area contributed by atoms with E-state index in [0.29, 0.717) is 27.9 Å². The molecule has 1 saturated heterocycles. The standard InChI is InChI=1S/C14H19ClN4O2S/c1-9-4-3-5-10(2)18(9)17-14(22)16-13-8-11(19(20)21)6-7-12(13)15/h6-10H,3-5H2,1-2H3,(H2,16,17,22)/t9-,10+. The number of benzene rings is 1. The van der Waals surface area contributed by atoms with Gasteiger partial charge in [0, 0.05) is 24.2 Å². The maximum atomic E-state index is 10.8. The number of anilines is 1. The average molecular weight is 343 g/mol. The molecule has 8 heteroatoms. The monoisotopic (exact) mass is 342 g/mol. The van der Waals surface area contributed by atoms with Crippen LogP contribution in [0.5, 0.6) is 0 Å². The van der Waals surface area contributed by atoms with Crippen LogP contribution < -0.4 is 10.7 Å². The first-order valence-corrected chi connectivity index (χ1v) is 7.97. The van der Waals surface area contributed by atoms with E-state index in [9.17, 15) is 10.1 Å². The molecule has 0 radical (unpaired) electrons. The summed E-state index contributed by atoms with van der Waals surface area (Å²) in [6.07, 6.45) is 3.42. The van der Waals surface area contributed by atoms with Crippen LogP contribution in [0, 0.1) is 10.1 Å². The van der Waals surface area contributed by atoms with Crippen LogP contribution in [0.25, 0.3) is 0 Å². The number of hydrogen-bond acceptors (Lipinski definition) is 4. The zero-order valence-electron chi connectivity index (χ0n) is 12.5. The predicted molar refractivity (Wildman–Crippen MR) is 92.1 cm³/mol. The quantitative estimate of drug-likeness (QED) is 0.495. The summed E-state index contributed by atoms with van der Waals surface area (Å²) < 4.78 is 0. The molecular formula is C14H19ClN4O2S. The molecule has 6 nitrogen and oxygen atoms in total. The number of non-ortho nitro benzene ring substituents is 1. The van der Waals surface area contributed by atoms with Crippen LogP contribution in [0.3, 0.4) is 0 Å². The third-order valence-electron chi connectivity index (χ3n) is 3.83. The van der Waals surface area contributed by atoms with E-state index in [1.54, 1.807) is 0 Å². The fourth-order valence-electron chi connectivity index (χ4n) is 2.63. The lowest BCUT2D eigenvalue weighted by Crippen LogP contribution is -2.55. The van der Waals surface area contributed by atoms with Crippen LogP contribution in [0.1, 0.15) is 33.1 Å².